The van der Waals surface area contributed by atoms with Crippen LogP contribution in [0, 0.1) is 0 Å². The summed E-state index contributed by atoms with van der Waals surface area (Å²) in [6.45, 7) is 3.98. The third kappa shape index (κ3) is 6.16. The van der Waals surface area contributed by atoms with E-state index in [0.29, 0.717) is 11.3 Å². The molecule has 10 heteroatoms. The molecule has 0 aromatic heterocycles. The standard InChI is InChI=1S/C19H18F3N3O4/c1-2-8-25(11-12-4-3-5-13(9-12)19(20,21)22)14-6-7-15(23-17(26)27)16(10-14)24-18(28)29/h2-7,9-10,23-24H,1,8,11H2,(H,26,27)(H,28,29). The Balaban J connectivity index is 2.38. The van der Waals surface area contributed by atoms with Gasteiger partial charge in [-0.05, 0) is 35.9 Å². The Morgan fingerprint density at radius 3 is 2.28 bits per heavy atom. The summed E-state index contributed by atoms with van der Waals surface area (Å²) in [5.41, 5.74) is 0.0729. The Morgan fingerprint density at radius 1 is 1.03 bits per heavy atom. The number of amides is 2. The van der Waals surface area contributed by atoms with Crippen LogP contribution in [0.15, 0.2) is 55.1 Å². The maximum absolute atomic E-state index is 13.0. The summed E-state index contributed by atoms with van der Waals surface area (Å²) in [4.78, 5) is 23.6. The van der Waals surface area contributed by atoms with Crippen LogP contribution in [-0.4, -0.2) is 28.9 Å². The minimum atomic E-state index is -4.47. The molecule has 2 amide bonds. The van der Waals surface area contributed by atoms with Gasteiger partial charge in [-0.2, -0.15) is 13.2 Å². The number of hydrogen-bond donors (Lipinski definition) is 4. The van der Waals surface area contributed by atoms with Crippen LogP contribution >= 0.6 is 0 Å². The molecular formula is C19H18F3N3O4. The lowest BCUT2D eigenvalue weighted by molar-refractivity contribution is -0.137. The molecule has 0 saturated carbocycles. The minimum Gasteiger partial charge on any atom is -0.465 e. The molecule has 0 saturated heterocycles. The van der Waals surface area contributed by atoms with Crippen molar-refractivity contribution >= 4 is 29.2 Å². The van der Waals surface area contributed by atoms with E-state index in [4.69, 9.17) is 10.2 Å². The van der Waals surface area contributed by atoms with Crippen LogP contribution in [-0.2, 0) is 12.7 Å². The Bertz CT molecular complexity index is 916. The van der Waals surface area contributed by atoms with Gasteiger partial charge in [-0.15, -0.1) is 6.58 Å². The van der Waals surface area contributed by atoms with Crippen molar-refractivity contribution in [2.24, 2.45) is 0 Å². The average Bonchev–Trinajstić information content (AvgIpc) is 2.61. The van der Waals surface area contributed by atoms with Gasteiger partial charge in [-0.25, -0.2) is 9.59 Å². The predicted molar refractivity (Wildman–Crippen MR) is 102 cm³/mol. The van der Waals surface area contributed by atoms with Gasteiger partial charge in [0.2, 0.25) is 0 Å². The van der Waals surface area contributed by atoms with Gasteiger partial charge in [0.25, 0.3) is 0 Å². The van der Waals surface area contributed by atoms with Crippen molar-refractivity contribution < 1.29 is 33.0 Å². The summed E-state index contributed by atoms with van der Waals surface area (Å²) in [6, 6.07) is 9.13. The highest BCUT2D eigenvalue weighted by atomic mass is 19.4. The second kappa shape index (κ2) is 9.00. The number of nitrogens with one attached hydrogen (secondary N) is 2. The number of benzene rings is 2. The molecule has 4 N–H and O–H groups in total. The summed E-state index contributed by atoms with van der Waals surface area (Å²) >= 11 is 0. The zero-order valence-corrected chi connectivity index (χ0v) is 15.0. The smallest absolute Gasteiger partial charge is 0.416 e. The quantitative estimate of drug-likeness (QED) is 0.478. The van der Waals surface area contributed by atoms with Crippen LogP contribution in [0.1, 0.15) is 11.1 Å². The van der Waals surface area contributed by atoms with Crippen LogP contribution in [0.4, 0.5) is 39.8 Å². The molecule has 0 aliphatic rings. The van der Waals surface area contributed by atoms with E-state index in [0.717, 1.165) is 12.1 Å². The van der Waals surface area contributed by atoms with Gasteiger partial charge in [0.05, 0.1) is 16.9 Å². The Labute approximate surface area is 164 Å². The molecule has 0 bridgehead atoms. The summed E-state index contributed by atoms with van der Waals surface area (Å²) in [6.07, 6.45) is -5.70. The minimum absolute atomic E-state index is 0.0151. The van der Waals surface area contributed by atoms with E-state index >= 15 is 0 Å². The number of hydrogen-bond acceptors (Lipinski definition) is 3. The Morgan fingerprint density at radius 2 is 1.69 bits per heavy atom. The van der Waals surface area contributed by atoms with Gasteiger partial charge < -0.3 is 15.1 Å². The van der Waals surface area contributed by atoms with Crippen LogP contribution < -0.4 is 15.5 Å². The SMILES string of the molecule is C=CCN(Cc1cccc(C(F)(F)F)c1)c1ccc(NC(=O)O)c(NC(=O)O)c1. The number of halogens is 3. The zero-order valence-electron chi connectivity index (χ0n) is 15.0. The van der Waals surface area contributed by atoms with E-state index < -0.39 is 23.9 Å². The number of nitrogens with zero attached hydrogens (tertiary/aromatic N) is 1. The van der Waals surface area contributed by atoms with E-state index in [1.165, 1.54) is 24.3 Å². The van der Waals surface area contributed by atoms with Gasteiger partial charge in [-0.1, -0.05) is 18.2 Å². The van der Waals surface area contributed by atoms with Crippen LogP contribution in [0.3, 0.4) is 0 Å². The largest absolute Gasteiger partial charge is 0.465 e. The normalized spacial score (nSPS) is 10.9. The van der Waals surface area contributed by atoms with Crippen molar-refractivity contribution in [3.8, 4) is 0 Å². The highest BCUT2D eigenvalue weighted by molar-refractivity contribution is 5.95. The van der Waals surface area contributed by atoms with Gasteiger partial charge in [-0.3, -0.25) is 10.6 Å². The highest BCUT2D eigenvalue weighted by Crippen LogP contribution is 2.31. The van der Waals surface area contributed by atoms with Crippen molar-refractivity contribution in [3.05, 3.63) is 66.2 Å². The van der Waals surface area contributed by atoms with Crippen molar-refractivity contribution in [3.63, 3.8) is 0 Å². The van der Waals surface area contributed by atoms with Crippen LogP contribution in [0.25, 0.3) is 0 Å². The second-order valence-electron chi connectivity index (χ2n) is 5.96. The van der Waals surface area contributed by atoms with Gasteiger partial charge >= 0.3 is 18.4 Å². The fourth-order valence-corrected chi connectivity index (χ4v) is 2.66. The molecule has 7 nitrogen and oxygen atoms in total. The first-order valence-electron chi connectivity index (χ1n) is 8.26. The van der Waals surface area contributed by atoms with Gasteiger partial charge in [0.15, 0.2) is 0 Å². The molecule has 2 aromatic carbocycles. The van der Waals surface area contributed by atoms with E-state index in [1.54, 1.807) is 17.0 Å². The summed E-state index contributed by atoms with van der Waals surface area (Å²) in [7, 11) is 0. The Kier molecular flexibility index (Phi) is 6.71. The van der Waals surface area contributed by atoms with E-state index in [2.05, 4.69) is 17.2 Å². The molecule has 0 atom stereocenters. The van der Waals surface area contributed by atoms with Gasteiger partial charge in [0.1, 0.15) is 0 Å². The molecular weight excluding hydrogens is 391 g/mol. The monoisotopic (exact) mass is 409 g/mol. The third-order valence-corrected chi connectivity index (χ3v) is 3.83. The van der Waals surface area contributed by atoms with Crippen molar-refractivity contribution in [1.82, 2.24) is 0 Å². The predicted octanol–water partition coefficient (Wildman–Crippen LogP) is 5.08. The molecule has 0 unspecified atom stereocenters. The first-order valence-corrected chi connectivity index (χ1v) is 8.26. The second-order valence-corrected chi connectivity index (χ2v) is 5.96. The molecule has 0 fully saturated rings. The number of rotatable bonds is 7. The molecule has 0 aliphatic heterocycles. The summed E-state index contributed by atoms with van der Waals surface area (Å²) < 4.78 is 38.9. The first kappa shape index (κ1) is 21.6. The average molecular weight is 409 g/mol. The van der Waals surface area contributed by atoms with E-state index in [1.807, 2.05) is 0 Å². The topological polar surface area (TPSA) is 102 Å². The number of carbonyl (C=O) groups is 2. The summed E-state index contributed by atoms with van der Waals surface area (Å²) in [5.74, 6) is 0. The molecule has 0 spiro atoms. The lowest BCUT2D eigenvalue weighted by Crippen LogP contribution is -2.23. The highest BCUT2D eigenvalue weighted by Gasteiger charge is 2.30. The summed E-state index contributed by atoms with van der Waals surface area (Å²) in [5, 5.41) is 22.0. The third-order valence-electron chi connectivity index (χ3n) is 3.83. The molecule has 2 aromatic rings. The fourth-order valence-electron chi connectivity index (χ4n) is 2.66. The van der Waals surface area contributed by atoms with Crippen molar-refractivity contribution in [1.29, 1.82) is 0 Å². The van der Waals surface area contributed by atoms with E-state index in [-0.39, 0.29) is 24.5 Å². The number of carboxylic acid groups (broad SMARTS) is 2. The molecule has 2 rings (SSSR count). The van der Waals surface area contributed by atoms with Gasteiger partial charge in [0, 0.05) is 18.8 Å². The number of anilines is 3. The lowest BCUT2D eigenvalue weighted by Gasteiger charge is -2.25. The van der Waals surface area contributed by atoms with Crippen LogP contribution in [0.2, 0.25) is 0 Å². The van der Waals surface area contributed by atoms with E-state index in [9.17, 15) is 22.8 Å². The molecule has 0 aliphatic carbocycles. The lowest BCUT2D eigenvalue weighted by atomic mass is 10.1. The fraction of sp³-hybridized carbons (Fsp3) is 0.158. The van der Waals surface area contributed by atoms with Crippen LogP contribution in [0.5, 0.6) is 0 Å². The van der Waals surface area contributed by atoms with Crippen molar-refractivity contribution in [2.75, 3.05) is 22.1 Å². The maximum Gasteiger partial charge on any atom is 0.416 e. The maximum atomic E-state index is 13.0. The molecule has 0 radical (unpaired) electrons. The molecule has 154 valence electrons. The first-order chi connectivity index (χ1) is 13.6. The molecule has 29 heavy (non-hydrogen) atoms. The molecule has 0 heterocycles. The van der Waals surface area contributed by atoms with Crippen molar-refractivity contribution in [2.45, 2.75) is 12.7 Å². The zero-order chi connectivity index (χ0) is 21.6. The number of alkyl halides is 3. The Hall–Kier alpha value is -3.69.